The lowest BCUT2D eigenvalue weighted by atomic mass is 9.98. The van der Waals surface area contributed by atoms with E-state index in [1.165, 1.54) is 7.11 Å². The van der Waals surface area contributed by atoms with E-state index in [1.54, 1.807) is 4.90 Å². The Morgan fingerprint density at radius 3 is 2.73 bits per heavy atom. The molecule has 22 heavy (non-hydrogen) atoms. The molecule has 1 aliphatic carbocycles. The van der Waals surface area contributed by atoms with E-state index in [0.29, 0.717) is 38.0 Å². The number of hydrogen-bond acceptors (Lipinski definition) is 5. The van der Waals surface area contributed by atoms with Crippen LogP contribution in [0.2, 0.25) is 0 Å². The first kappa shape index (κ1) is 19.6. The Hall–Kier alpha value is -0.410. The first-order valence-corrected chi connectivity index (χ1v) is 9.08. The maximum Gasteiger partial charge on any atom is 0.237 e. The Bertz CT molecular complexity index is 474. The van der Waals surface area contributed by atoms with Gasteiger partial charge in [-0.15, -0.1) is 12.4 Å². The van der Waals surface area contributed by atoms with Crippen LogP contribution in [0.3, 0.4) is 0 Å². The lowest BCUT2D eigenvalue weighted by Crippen LogP contribution is -2.41. The molecule has 0 aromatic rings. The van der Waals surface area contributed by atoms with Crippen LogP contribution in [0.5, 0.6) is 0 Å². The summed E-state index contributed by atoms with van der Waals surface area (Å²) in [5.74, 6) is 0.686. The number of ether oxygens (including phenoxy) is 1. The van der Waals surface area contributed by atoms with Gasteiger partial charge in [-0.2, -0.15) is 0 Å². The Labute approximate surface area is 138 Å². The van der Waals surface area contributed by atoms with Crippen molar-refractivity contribution < 1.29 is 17.9 Å². The van der Waals surface area contributed by atoms with Crippen LogP contribution in [-0.4, -0.2) is 64.4 Å². The third-order valence-corrected chi connectivity index (χ3v) is 5.88. The molecular formula is C13H26ClN3O4S. The summed E-state index contributed by atoms with van der Waals surface area (Å²) in [4.78, 5) is 13.8. The number of nitrogens with one attached hydrogen (secondary N) is 1. The molecule has 3 N–H and O–H groups in total. The fraction of sp³-hybridized carbons (Fsp3) is 0.923. The largest absolute Gasteiger partial charge is 0.385 e. The monoisotopic (exact) mass is 355 g/mol. The van der Waals surface area contributed by atoms with E-state index in [2.05, 4.69) is 4.72 Å². The van der Waals surface area contributed by atoms with Gasteiger partial charge in [-0.25, -0.2) is 13.1 Å². The molecule has 0 spiro atoms. The number of sulfonamides is 1. The summed E-state index contributed by atoms with van der Waals surface area (Å²) in [7, 11) is -1.88. The Morgan fingerprint density at radius 2 is 2.09 bits per heavy atom. The van der Waals surface area contributed by atoms with Gasteiger partial charge in [-0.1, -0.05) is 0 Å². The van der Waals surface area contributed by atoms with Crippen molar-refractivity contribution in [3.63, 3.8) is 0 Å². The predicted octanol–water partition coefficient (Wildman–Crippen LogP) is -0.440. The van der Waals surface area contributed by atoms with Gasteiger partial charge in [0.1, 0.15) is 0 Å². The van der Waals surface area contributed by atoms with Crippen LogP contribution in [-0.2, 0) is 19.6 Å². The van der Waals surface area contributed by atoms with Crippen LogP contribution in [0.1, 0.15) is 19.3 Å². The van der Waals surface area contributed by atoms with Crippen molar-refractivity contribution in [1.82, 2.24) is 9.62 Å². The SMILES string of the molecule is COCCCS(=O)(=O)NCC(=O)N1CC2CCC(N)C2C1.Cl. The zero-order valence-corrected chi connectivity index (χ0v) is 14.5. The minimum atomic E-state index is -3.41. The van der Waals surface area contributed by atoms with E-state index in [0.717, 1.165) is 12.8 Å². The van der Waals surface area contributed by atoms with Crippen LogP contribution in [0.15, 0.2) is 0 Å². The summed E-state index contributed by atoms with van der Waals surface area (Å²) < 4.78 is 30.6. The minimum Gasteiger partial charge on any atom is -0.385 e. The average molecular weight is 356 g/mol. The number of hydrogen-bond donors (Lipinski definition) is 2. The fourth-order valence-corrected chi connectivity index (χ4v) is 4.25. The molecule has 2 rings (SSSR count). The number of amides is 1. The number of nitrogens with zero attached hydrogens (tertiary/aromatic N) is 1. The molecule has 7 nitrogen and oxygen atoms in total. The first-order valence-electron chi connectivity index (χ1n) is 7.42. The summed E-state index contributed by atoms with van der Waals surface area (Å²) in [6.45, 7) is 1.60. The van der Waals surface area contributed by atoms with Gasteiger partial charge in [0.15, 0.2) is 0 Å². The van der Waals surface area contributed by atoms with Crippen molar-refractivity contribution in [2.24, 2.45) is 17.6 Å². The third-order valence-electron chi connectivity index (χ3n) is 4.47. The topological polar surface area (TPSA) is 102 Å². The van der Waals surface area contributed by atoms with Gasteiger partial charge >= 0.3 is 0 Å². The number of nitrogens with two attached hydrogens (primary N) is 1. The van der Waals surface area contributed by atoms with Crippen LogP contribution in [0.4, 0.5) is 0 Å². The van der Waals surface area contributed by atoms with Gasteiger partial charge in [0.2, 0.25) is 15.9 Å². The average Bonchev–Trinajstić information content (AvgIpc) is 2.99. The van der Waals surface area contributed by atoms with Crippen LogP contribution < -0.4 is 10.5 Å². The van der Waals surface area contributed by atoms with E-state index in [-0.39, 0.29) is 36.7 Å². The summed E-state index contributed by atoms with van der Waals surface area (Å²) in [6, 6.07) is 0.179. The van der Waals surface area contributed by atoms with Crippen LogP contribution in [0, 0.1) is 11.8 Å². The van der Waals surface area contributed by atoms with Gasteiger partial charge in [0.05, 0.1) is 12.3 Å². The lowest BCUT2D eigenvalue weighted by Gasteiger charge is -2.19. The van der Waals surface area contributed by atoms with Gasteiger partial charge < -0.3 is 15.4 Å². The Morgan fingerprint density at radius 1 is 1.36 bits per heavy atom. The van der Waals surface area contributed by atoms with E-state index < -0.39 is 10.0 Å². The standard InChI is InChI=1S/C13H25N3O4S.ClH/c1-20-5-2-6-21(18,19)15-7-13(17)16-8-10-3-4-12(14)11(10)9-16;/h10-12,15H,2-9,14H2,1H3;1H. The molecule has 2 fully saturated rings. The molecule has 0 aromatic heterocycles. The molecule has 1 amide bonds. The molecule has 1 saturated carbocycles. The molecule has 9 heteroatoms. The maximum atomic E-state index is 12.1. The van der Waals surface area contributed by atoms with Gasteiger partial charge in [-0.3, -0.25) is 4.79 Å². The molecule has 1 heterocycles. The van der Waals surface area contributed by atoms with Gasteiger partial charge in [-0.05, 0) is 31.1 Å². The molecule has 0 bridgehead atoms. The summed E-state index contributed by atoms with van der Waals surface area (Å²) in [6.07, 6.45) is 2.52. The molecule has 1 aliphatic heterocycles. The lowest BCUT2D eigenvalue weighted by molar-refractivity contribution is -0.129. The maximum absolute atomic E-state index is 12.1. The van der Waals surface area contributed by atoms with Crippen molar-refractivity contribution in [2.45, 2.75) is 25.3 Å². The number of rotatable bonds is 7. The minimum absolute atomic E-state index is 0. The fourth-order valence-electron chi connectivity index (χ4n) is 3.26. The molecule has 0 aromatic carbocycles. The van der Waals surface area contributed by atoms with Crippen molar-refractivity contribution >= 4 is 28.3 Å². The molecule has 2 aliphatic rings. The normalized spacial score (nSPS) is 27.5. The number of carbonyl (C=O) groups excluding carboxylic acids is 1. The molecular weight excluding hydrogens is 330 g/mol. The number of fused-ring (bicyclic) bond motifs is 1. The summed E-state index contributed by atoms with van der Waals surface area (Å²) >= 11 is 0. The summed E-state index contributed by atoms with van der Waals surface area (Å²) in [5, 5.41) is 0. The highest BCUT2D eigenvalue weighted by Gasteiger charge is 2.42. The van der Waals surface area contributed by atoms with Crippen molar-refractivity contribution in [1.29, 1.82) is 0 Å². The van der Waals surface area contributed by atoms with Gasteiger partial charge in [0.25, 0.3) is 0 Å². The van der Waals surface area contributed by atoms with E-state index >= 15 is 0 Å². The van der Waals surface area contributed by atoms with Crippen molar-refractivity contribution in [3.05, 3.63) is 0 Å². The first-order chi connectivity index (χ1) is 9.93. The molecule has 3 unspecified atom stereocenters. The Kier molecular flexibility index (Phi) is 7.54. The van der Waals surface area contributed by atoms with Gasteiger partial charge in [0, 0.05) is 32.8 Å². The smallest absolute Gasteiger partial charge is 0.237 e. The number of halogens is 1. The van der Waals surface area contributed by atoms with Crippen molar-refractivity contribution in [2.75, 3.05) is 39.1 Å². The molecule has 130 valence electrons. The van der Waals surface area contributed by atoms with E-state index in [4.69, 9.17) is 10.5 Å². The number of carbonyl (C=O) groups is 1. The molecule has 0 radical (unpaired) electrons. The third kappa shape index (κ3) is 5.06. The second-order valence-corrected chi connectivity index (χ2v) is 7.88. The predicted molar refractivity (Wildman–Crippen MR) is 86.3 cm³/mol. The van der Waals surface area contributed by atoms with Crippen LogP contribution in [0.25, 0.3) is 0 Å². The quantitative estimate of drug-likeness (QED) is 0.603. The van der Waals surface area contributed by atoms with Crippen LogP contribution >= 0.6 is 12.4 Å². The zero-order valence-electron chi connectivity index (χ0n) is 12.9. The number of methoxy groups -OCH3 is 1. The molecule has 3 atom stereocenters. The highest BCUT2D eigenvalue weighted by atomic mass is 35.5. The van der Waals surface area contributed by atoms with Crippen molar-refractivity contribution in [3.8, 4) is 0 Å². The van der Waals surface area contributed by atoms with E-state index in [9.17, 15) is 13.2 Å². The zero-order chi connectivity index (χ0) is 15.5. The highest BCUT2D eigenvalue weighted by molar-refractivity contribution is 7.89. The second kappa shape index (κ2) is 8.44. The van der Waals surface area contributed by atoms with E-state index in [1.807, 2.05) is 0 Å². The highest BCUT2D eigenvalue weighted by Crippen LogP contribution is 2.36. The Balaban J connectivity index is 0.00000242. The molecule has 1 saturated heterocycles. The number of likely N-dealkylation sites (tertiary alicyclic amines) is 1. The summed E-state index contributed by atoms with van der Waals surface area (Å²) in [5.41, 5.74) is 6.03. The second-order valence-electron chi connectivity index (χ2n) is 5.95.